The summed E-state index contributed by atoms with van der Waals surface area (Å²) in [4.78, 5) is 11.8. The Balaban J connectivity index is 1.99. The Hall–Kier alpha value is -0.960. The molecule has 0 spiro atoms. The van der Waals surface area contributed by atoms with Crippen molar-refractivity contribution in [3.8, 4) is 0 Å². The van der Waals surface area contributed by atoms with Gasteiger partial charge in [-0.1, -0.05) is 49.1 Å². The fourth-order valence-corrected chi connectivity index (χ4v) is 2.92. The number of carbonyl (C=O) groups is 1. The highest BCUT2D eigenvalue weighted by molar-refractivity contribution is 8.03. The summed E-state index contributed by atoms with van der Waals surface area (Å²) < 4.78 is 0. The molecule has 0 unspecified atom stereocenters. The Bertz CT molecular complexity index is 367. The fraction of sp³-hybridized carbons (Fsp3) is 0.562. The summed E-state index contributed by atoms with van der Waals surface area (Å²) >= 11 is 1.95. The number of allylic oxidation sites excluding steroid dienone is 6. The fourth-order valence-electron chi connectivity index (χ4n) is 1.93. The first kappa shape index (κ1) is 16.1. The van der Waals surface area contributed by atoms with E-state index in [2.05, 4.69) is 31.2 Å². The number of aliphatic carboxylic acids is 1. The van der Waals surface area contributed by atoms with Crippen molar-refractivity contribution in [3.05, 3.63) is 34.8 Å². The molecule has 0 heterocycles. The molecule has 0 aromatic carbocycles. The molecule has 0 aromatic rings. The van der Waals surface area contributed by atoms with Crippen LogP contribution in [0.4, 0.5) is 0 Å². The van der Waals surface area contributed by atoms with Gasteiger partial charge >= 0.3 is 5.97 Å². The summed E-state index contributed by atoms with van der Waals surface area (Å²) in [6.45, 7) is 2.12. The Morgan fingerprint density at radius 1 is 1.21 bits per heavy atom. The van der Waals surface area contributed by atoms with Gasteiger partial charge in [0.15, 0.2) is 0 Å². The molecule has 0 aliphatic heterocycles. The van der Waals surface area contributed by atoms with Crippen molar-refractivity contribution >= 4 is 17.7 Å². The van der Waals surface area contributed by atoms with E-state index in [0.717, 1.165) is 25.7 Å². The monoisotopic (exact) mass is 280 g/mol. The maximum Gasteiger partial charge on any atom is 0.303 e. The van der Waals surface area contributed by atoms with E-state index >= 15 is 0 Å². The van der Waals surface area contributed by atoms with Crippen LogP contribution in [-0.2, 0) is 4.79 Å². The zero-order chi connectivity index (χ0) is 13.9. The maximum atomic E-state index is 10.3. The average molecular weight is 280 g/mol. The molecule has 1 aliphatic carbocycles. The standard InChI is InChI=1S/C16H24O2S/c1-14-8-7-9-15(12-11-14)19-13-6-4-2-3-5-10-16(17)18/h7-8,11-12H,2-6,9-10,13H2,1H3,(H,17,18). The van der Waals surface area contributed by atoms with Crippen molar-refractivity contribution in [2.24, 2.45) is 0 Å². The van der Waals surface area contributed by atoms with Crippen LogP contribution in [0.3, 0.4) is 0 Å². The molecule has 106 valence electrons. The zero-order valence-electron chi connectivity index (χ0n) is 11.7. The van der Waals surface area contributed by atoms with Crippen LogP contribution in [0.2, 0.25) is 0 Å². The van der Waals surface area contributed by atoms with Gasteiger partial charge in [-0.3, -0.25) is 4.79 Å². The third-order valence-electron chi connectivity index (χ3n) is 3.05. The molecule has 0 saturated heterocycles. The third-order valence-corrected chi connectivity index (χ3v) is 4.22. The van der Waals surface area contributed by atoms with Crippen LogP contribution in [0.5, 0.6) is 0 Å². The predicted octanol–water partition coefficient (Wildman–Crippen LogP) is 4.93. The van der Waals surface area contributed by atoms with Crippen molar-refractivity contribution in [2.75, 3.05) is 5.75 Å². The summed E-state index contributed by atoms with van der Waals surface area (Å²) in [6.07, 6.45) is 15.6. The first-order valence-electron chi connectivity index (χ1n) is 7.07. The second-order valence-corrected chi connectivity index (χ2v) is 6.13. The van der Waals surface area contributed by atoms with Crippen molar-refractivity contribution < 1.29 is 9.90 Å². The number of thioether (sulfide) groups is 1. The number of unbranched alkanes of at least 4 members (excludes halogenated alkanes) is 4. The second-order valence-electron chi connectivity index (χ2n) is 4.91. The molecule has 0 aromatic heterocycles. The van der Waals surface area contributed by atoms with Crippen LogP contribution in [0, 0.1) is 0 Å². The van der Waals surface area contributed by atoms with Crippen LogP contribution >= 0.6 is 11.8 Å². The van der Waals surface area contributed by atoms with Gasteiger partial charge in [0.1, 0.15) is 0 Å². The van der Waals surface area contributed by atoms with E-state index in [-0.39, 0.29) is 0 Å². The molecule has 0 bridgehead atoms. The quantitative estimate of drug-likeness (QED) is 0.608. The van der Waals surface area contributed by atoms with Crippen LogP contribution < -0.4 is 0 Å². The lowest BCUT2D eigenvalue weighted by Gasteiger charge is -2.03. The molecule has 1 N–H and O–H groups in total. The Morgan fingerprint density at radius 2 is 1.95 bits per heavy atom. The lowest BCUT2D eigenvalue weighted by atomic mass is 10.1. The lowest BCUT2D eigenvalue weighted by Crippen LogP contribution is -1.93. The van der Waals surface area contributed by atoms with Gasteiger partial charge in [-0.25, -0.2) is 0 Å². The number of hydrogen-bond donors (Lipinski definition) is 1. The van der Waals surface area contributed by atoms with E-state index in [4.69, 9.17) is 5.11 Å². The summed E-state index contributed by atoms with van der Waals surface area (Å²) in [5.74, 6) is 0.498. The molecule has 0 saturated carbocycles. The normalized spacial score (nSPS) is 14.8. The van der Waals surface area contributed by atoms with Crippen LogP contribution in [0.15, 0.2) is 34.8 Å². The molecule has 1 rings (SSSR count). The highest BCUT2D eigenvalue weighted by Crippen LogP contribution is 2.24. The van der Waals surface area contributed by atoms with Crippen molar-refractivity contribution in [2.45, 2.75) is 51.9 Å². The molecule has 1 aliphatic rings. The minimum absolute atomic E-state index is 0.319. The minimum Gasteiger partial charge on any atom is -0.481 e. The summed E-state index contributed by atoms with van der Waals surface area (Å²) in [6, 6.07) is 0. The van der Waals surface area contributed by atoms with Gasteiger partial charge in [0.05, 0.1) is 0 Å². The van der Waals surface area contributed by atoms with Gasteiger partial charge in [0.2, 0.25) is 0 Å². The molecule has 2 nitrogen and oxygen atoms in total. The lowest BCUT2D eigenvalue weighted by molar-refractivity contribution is -0.137. The van der Waals surface area contributed by atoms with Crippen molar-refractivity contribution in [3.63, 3.8) is 0 Å². The smallest absolute Gasteiger partial charge is 0.303 e. The molecule has 19 heavy (non-hydrogen) atoms. The maximum absolute atomic E-state index is 10.3. The molecule has 0 atom stereocenters. The summed E-state index contributed by atoms with van der Waals surface area (Å²) in [5, 5.41) is 8.52. The van der Waals surface area contributed by atoms with Gasteiger partial charge in [-0.15, -0.1) is 11.8 Å². The van der Waals surface area contributed by atoms with Crippen LogP contribution in [-0.4, -0.2) is 16.8 Å². The predicted molar refractivity (Wildman–Crippen MR) is 83.4 cm³/mol. The average Bonchev–Trinajstić information content (AvgIpc) is 2.57. The molecule has 3 heteroatoms. The Morgan fingerprint density at radius 3 is 2.74 bits per heavy atom. The van der Waals surface area contributed by atoms with E-state index < -0.39 is 5.97 Å². The molecular formula is C16H24O2S. The van der Waals surface area contributed by atoms with E-state index in [1.54, 1.807) is 0 Å². The van der Waals surface area contributed by atoms with Gasteiger partial charge in [-0.05, 0) is 36.8 Å². The van der Waals surface area contributed by atoms with E-state index in [9.17, 15) is 4.79 Å². The van der Waals surface area contributed by atoms with Gasteiger partial charge in [-0.2, -0.15) is 0 Å². The Labute approximate surface area is 120 Å². The Kier molecular flexibility index (Phi) is 8.39. The van der Waals surface area contributed by atoms with Crippen LogP contribution in [0.1, 0.15) is 51.9 Å². The van der Waals surface area contributed by atoms with E-state index in [1.165, 1.54) is 29.1 Å². The molecule has 0 amide bonds. The second kappa shape index (κ2) is 9.90. The molecule has 0 radical (unpaired) electrons. The number of carboxylic acids is 1. The topological polar surface area (TPSA) is 37.3 Å². The van der Waals surface area contributed by atoms with Crippen LogP contribution in [0.25, 0.3) is 0 Å². The minimum atomic E-state index is -0.674. The molecular weight excluding hydrogens is 256 g/mol. The molecule has 0 fully saturated rings. The van der Waals surface area contributed by atoms with E-state index in [0.29, 0.717) is 6.42 Å². The highest BCUT2D eigenvalue weighted by Gasteiger charge is 2.00. The summed E-state index contributed by atoms with van der Waals surface area (Å²) in [7, 11) is 0. The number of rotatable bonds is 9. The van der Waals surface area contributed by atoms with Crippen molar-refractivity contribution in [1.29, 1.82) is 0 Å². The third kappa shape index (κ3) is 8.71. The SMILES string of the molecule is CC1=CC=C(SCCCCCCCC(=O)O)CC=C1. The first-order valence-corrected chi connectivity index (χ1v) is 8.05. The first-order chi connectivity index (χ1) is 9.18. The largest absolute Gasteiger partial charge is 0.481 e. The number of carboxylic acid groups (broad SMARTS) is 1. The highest BCUT2D eigenvalue weighted by atomic mass is 32.2. The van der Waals surface area contributed by atoms with Gasteiger partial charge < -0.3 is 5.11 Å². The summed E-state index contributed by atoms with van der Waals surface area (Å²) in [5.41, 5.74) is 1.31. The van der Waals surface area contributed by atoms with Gasteiger partial charge in [0, 0.05) is 6.42 Å². The van der Waals surface area contributed by atoms with Gasteiger partial charge in [0.25, 0.3) is 0 Å². The number of hydrogen-bond acceptors (Lipinski definition) is 2. The zero-order valence-corrected chi connectivity index (χ0v) is 12.5. The van der Waals surface area contributed by atoms with E-state index in [1.807, 2.05) is 11.8 Å². The van der Waals surface area contributed by atoms with Crippen molar-refractivity contribution in [1.82, 2.24) is 0 Å².